The molecule has 0 bridgehead atoms. The second kappa shape index (κ2) is 7.31. The highest BCUT2D eigenvalue weighted by Gasteiger charge is 2.06. The summed E-state index contributed by atoms with van der Waals surface area (Å²) in [5.74, 6) is 2.57. The van der Waals surface area contributed by atoms with Crippen LogP contribution in [0.2, 0.25) is 0 Å². The minimum atomic E-state index is 0.739. The lowest BCUT2D eigenvalue weighted by Crippen LogP contribution is -2.22. The first-order chi connectivity index (χ1) is 8.51. The van der Waals surface area contributed by atoms with E-state index in [1.54, 1.807) is 0 Å². The van der Waals surface area contributed by atoms with Crippen LogP contribution in [0.3, 0.4) is 0 Å². The zero-order chi connectivity index (χ0) is 13.5. The van der Waals surface area contributed by atoms with Gasteiger partial charge in [0.1, 0.15) is 11.6 Å². The highest BCUT2D eigenvalue weighted by Crippen LogP contribution is 2.08. The molecule has 4 nitrogen and oxygen atoms in total. The predicted molar refractivity (Wildman–Crippen MR) is 76.7 cm³/mol. The van der Waals surface area contributed by atoms with Crippen LogP contribution >= 0.6 is 0 Å². The first-order valence-corrected chi connectivity index (χ1v) is 6.78. The van der Waals surface area contributed by atoms with Gasteiger partial charge in [0.05, 0.1) is 6.54 Å². The number of nitrogens with zero attached hydrogens (tertiary/aromatic N) is 3. The minimum Gasteiger partial charge on any atom is -0.370 e. The van der Waals surface area contributed by atoms with Crippen molar-refractivity contribution in [1.82, 2.24) is 14.9 Å². The molecule has 0 atom stereocenters. The molecule has 1 heterocycles. The molecule has 0 spiro atoms. The molecule has 0 amide bonds. The van der Waals surface area contributed by atoms with E-state index in [2.05, 4.69) is 48.0 Å². The van der Waals surface area contributed by atoms with Gasteiger partial charge in [-0.1, -0.05) is 13.8 Å². The Labute approximate surface area is 111 Å². The van der Waals surface area contributed by atoms with Gasteiger partial charge in [-0.2, -0.15) is 0 Å². The molecule has 0 aromatic carbocycles. The molecule has 0 aliphatic rings. The van der Waals surface area contributed by atoms with Crippen LogP contribution < -0.4 is 5.32 Å². The van der Waals surface area contributed by atoms with Crippen LogP contribution in [0.4, 0.5) is 5.82 Å². The summed E-state index contributed by atoms with van der Waals surface area (Å²) in [7, 11) is 2.13. The van der Waals surface area contributed by atoms with Gasteiger partial charge in [-0.3, -0.25) is 4.90 Å². The Bertz CT molecular complexity index is 363. The molecule has 1 aromatic rings. The van der Waals surface area contributed by atoms with Crippen molar-refractivity contribution in [3.63, 3.8) is 0 Å². The van der Waals surface area contributed by atoms with Gasteiger partial charge in [0, 0.05) is 18.3 Å². The third-order valence-corrected chi connectivity index (χ3v) is 2.76. The van der Waals surface area contributed by atoms with Gasteiger partial charge in [-0.15, -0.1) is 0 Å². The Morgan fingerprint density at radius 2 is 2.06 bits per heavy atom. The van der Waals surface area contributed by atoms with Crippen LogP contribution in [0.5, 0.6) is 0 Å². The average Bonchev–Trinajstić information content (AvgIpc) is 2.26. The first kappa shape index (κ1) is 14.9. The van der Waals surface area contributed by atoms with Crippen LogP contribution in [0.1, 0.15) is 38.7 Å². The summed E-state index contributed by atoms with van der Waals surface area (Å²) in [6, 6.07) is 1.99. The van der Waals surface area contributed by atoms with E-state index in [0.29, 0.717) is 0 Å². The third kappa shape index (κ3) is 5.45. The molecular weight excluding hydrogens is 224 g/mol. The van der Waals surface area contributed by atoms with Crippen molar-refractivity contribution >= 4 is 5.82 Å². The van der Waals surface area contributed by atoms with Crippen molar-refractivity contribution in [2.24, 2.45) is 5.92 Å². The molecule has 0 saturated heterocycles. The van der Waals surface area contributed by atoms with E-state index < -0.39 is 0 Å². The molecule has 0 fully saturated rings. The van der Waals surface area contributed by atoms with E-state index >= 15 is 0 Å². The second-order valence-electron chi connectivity index (χ2n) is 5.26. The SMILES string of the molecule is CCNc1cc(C)nc(CN(C)CCC(C)C)n1. The summed E-state index contributed by atoms with van der Waals surface area (Å²) in [5, 5.41) is 3.24. The number of aryl methyl sites for hydroxylation is 1. The number of rotatable bonds is 7. The lowest BCUT2D eigenvalue weighted by molar-refractivity contribution is 0.296. The molecule has 102 valence electrons. The number of anilines is 1. The molecule has 0 unspecified atom stereocenters. The molecule has 1 aromatic heterocycles. The summed E-state index contributed by atoms with van der Waals surface area (Å²) in [6.07, 6.45) is 1.21. The molecule has 0 saturated carbocycles. The molecule has 1 N–H and O–H groups in total. The Balaban J connectivity index is 2.60. The van der Waals surface area contributed by atoms with Gasteiger partial charge in [-0.25, -0.2) is 9.97 Å². The molecular formula is C14H26N4. The van der Waals surface area contributed by atoms with Gasteiger partial charge in [-0.05, 0) is 39.8 Å². The highest BCUT2D eigenvalue weighted by molar-refractivity contribution is 5.35. The van der Waals surface area contributed by atoms with Crippen molar-refractivity contribution in [2.45, 2.75) is 40.7 Å². The van der Waals surface area contributed by atoms with Crippen LogP contribution in [0.25, 0.3) is 0 Å². The third-order valence-electron chi connectivity index (χ3n) is 2.76. The number of aromatic nitrogens is 2. The molecule has 0 aliphatic carbocycles. The fraction of sp³-hybridized carbons (Fsp3) is 0.714. The number of nitrogens with one attached hydrogen (secondary N) is 1. The summed E-state index contributed by atoms with van der Waals surface area (Å²) in [4.78, 5) is 11.3. The molecule has 1 rings (SSSR count). The summed E-state index contributed by atoms with van der Waals surface area (Å²) < 4.78 is 0. The zero-order valence-corrected chi connectivity index (χ0v) is 12.3. The Kier molecular flexibility index (Phi) is 6.05. The van der Waals surface area contributed by atoms with Gasteiger partial charge in [0.2, 0.25) is 0 Å². The number of hydrogen-bond donors (Lipinski definition) is 1. The van der Waals surface area contributed by atoms with Crippen LogP contribution in [0.15, 0.2) is 6.07 Å². The van der Waals surface area contributed by atoms with Gasteiger partial charge in [0.25, 0.3) is 0 Å². The molecule has 4 heteroatoms. The van der Waals surface area contributed by atoms with Gasteiger partial charge >= 0.3 is 0 Å². The maximum Gasteiger partial charge on any atom is 0.144 e. The fourth-order valence-electron chi connectivity index (χ4n) is 1.77. The predicted octanol–water partition coefficient (Wildman–Crippen LogP) is 2.69. The van der Waals surface area contributed by atoms with Gasteiger partial charge < -0.3 is 5.32 Å². The monoisotopic (exact) mass is 250 g/mol. The molecule has 0 aliphatic heterocycles. The Hall–Kier alpha value is -1.16. The van der Waals surface area contributed by atoms with Crippen LogP contribution in [-0.4, -0.2) is 35.0 Å². The van der Waals surface area contributed by atoms with Crippen molar-refractivity contribution in [3.05, 3.63) is 17.6 Å². The first-order valence-electron chi connectivity index (χ1n) is 6.78. The van der Waals surface area contributed by atoms with E-state index in [1.165, 1.54) is 6.42 Å². The molecule has 0 radical (unpaired) electrons. The smallest absolute Gasteiger partial charge is 0.144 e. The van der Waals surface area contributed by atoms with Crippen LogP contribution in [0, 0.1) is 12.8 Å². The lowest BCUT2D eigenvalue weighted by atomic mass is 10.1. The van der Waals surface area contributed by atoms with Crippen molar-refractivity contribution in [1.29, 1.82) is 0 Å². The summed E-state index contributed by atoms with van der Waals surface area (Å²) in [5.41, 5.74) is 1.02. The fourth-order valence-corrected chi connectivity index (χ4v) is 1.77. The van der Waals surface area contributed by atoms with Crippen molar-refractivity contribution in [2.75, 3.05) is 25.5 Å². The Morgan fingerprint density at radius 3 is 2.67 bits per heavy atom. The van der Waals surface area contributed by atoms with Crippen molar-refractivity contribution < 1.29 is 0 Å². The molecule has 18 heavy (non-hydrogen) atoms. The van der Waals surface area contributed by atoms with E-state index in [1.807, 2.05) is 13.0 Å². The normalized spacial score (nSPS) is 11.3. The van der Waals surface area contributed by atoms with E-state index in [-0.39, 0.29) is 0 Å². The zero-order valence-electron chi connectivity index (χ0n) is 12.3. The number of hydrogen-bond acceptors (Lipinski definition) is 4. The largest absolute Gasteiger partial charge is 0.370 e. The van der Waals surface area contributed by atoms with E-state index in [0.717, 1.165) is 42.9 Å². The van der Waals surface area contributed by atoms with Gasteiger partial charge in [0.15, 0.2) is 0 Å². The lowest BCUT2D eigenvalue weighted by Gasteiger charge is -2.17. The maximum absolute atomic E-state index is 4.53. The highest BCUT2D eigenvalue weighted by atomic mass is 15.1. The van der Waals surface area contributed by atoms with E-state index in [4.69, 9.17) is 0 Å². The van der Waals surface area contributed by atoms with Crippen molar-refractivity contribution in [3.8, 4) is 0 Å². The maximum atomic E-state index is 4.53. The van der Waals surface area contributed by atoms with E-state index in [9.17, 15) is 0 Å². The van der Waals surface area contributed by atoms with Crippen LogP contribution in [-0.2, 0) is 6.54 Å². The standard InChI is InChI=1S/C14H26N4/c1-6-15-13-9-12(4)16-14(17-13)10-18(5)8-7-11(2)3/h9,11H,6-8,10H2,1-5H3,(H,15,16,17). The Morgan fingerprint density at radius 1 is 1.33 bits per heavy atom. The quantitative estimate of drug-likeness (QED) is 0.808. The average molecular weight is 250 g/mol. The topological polar surface area (TPSA) is 41.1 Å². The summed E-state index contributed by atoms with van der Waals surface area (Å²) in [6.45, 7) is 11.4. The minimum absolute atomic E-state index is 0.739. The second-order valence-corrected chi connectivity index (χ2v) is 5.26. The summed E-state index contributed by atoms with van der Waals surface area (Å²) >= 11 is 0.